The standard InChI is InChI=1S/C13H20BrN3/c1-9-6-13(17-8-11(9)14)16-7-10-4-2-3-5-12(10)15/h6,8,10,12H,2-5,7,15H2,1H3,(H,16,17). The predicted molar refractivity (Wildman–Crippen MR) is 75.1 cm³/mol. The molecule has 1 aliphatic rings. The molecule has 2 unspecified atom stereocenters. The zero-order valence-corrected chi connectivity index (χ0v) is 11.8. The van der Waals surface area contributed by atoms with E-state index in [2.05, 4.69) is 39.2 Å². The van der Waals surface area contributed by atoms with Crippen molar-refractivity contribution in [3.63, 3.8) is 0 Å². The summed E-state index contributed by atoms with van der Waals surface area (Å²) in [7, 11) is 0. The Balaban J connectivity index is 1.90. The third-order valence-corrected chi connectivity index (χ3v) is 4.39. The maximum atomic E-state index is 6.13. The van der Waals surface area contributed by atoms with Crippen LogP contribution in [0.15, 0.2) is 16.7 Å². The number of nitrogens with zero attached hydrogens (tertiary/aromatic N) is 1. The lowest BCUT2D eigenvalue weighted by molar-refractivity contribution is 0.321. The zero-order chi connectivity index (χ0) is 12.3. The molecule has 1 aliphatic carbocycles. The highest BCUT2D eigenvalue weighted by Gasteiger charge is 2.21. The molecule has 2 rings (SSSR count). The topological polar surface area (TPSA) is 50.9 Å². The number of rotatable bonds is 3. The van der Waals surface area contributed by atoms with E-state index in [4.69, 9.17) is 5.73 Å². The van der Waals surface area contributed by atoms with E-state index in [1.54, 1.807) is 0 Å². The lowest BCUT2D eigenvalue weighted by atomic mass is 9.85. The molecule has 1 saturated carbocycles. The molecule has 1 aromatic rings. The molecule has 0 aromatic carbocycles. The van der Waals surface area contributed by atoms with Crippen LogP contribution in [0.4, 0.5) is 5.82 Å². The Bertz CT molecular complexity index is 381. The second kappa shape index (κ2) is 5.83. The molecule has 1 aromatic heterocycles. The number of pyridine rings is 1. The number of aryl methyl sites for hydroxylation is 1. The Morgan fingerprint density at radius 1 is 1.47 bits per heavy atom. The molecule has 2 atom stereocenters. The van der Waals surface area contributed by atoms with Crippen molar-refractivity contribution in [2.75, 3.05) is 11.9 Å². The lowest BCUT2D eigenvalue weighted by Crippen LogP contribution is -2.37. The fourth-order valence-electron chi connectivity index (χ4n) is 2.36. The van der Waals surface area contributed by atoms with Gasteiger partial charge in [0.05, 0.1) is 0 Å². The van der Waals surface area contributed by atoms with Gasteiger partial charge in [0.25, 0.3) is 0 Å². The molecule has 0 aliphatic heterocycles. The van der Waals surface area contributed by atoms with E-state index in [9.17, 15) is 0 Å². The average Bonchev–Trinajstić information content (AvgIpc) is 2.32. The minimum Gasteiger partial charge on any atom is -0.370 e. The Morgan fingerprint density at radius 2 is 2.24 bits per heavy atom. The lowest BCUT2D eigenvalue weighted by Gasteiger charge is -2.28. The fourth-order valence-corrected chi connectivity index (χ4v) is 2.58. The quantitative estimate of drug-likeness (QED) is 0.901. The third kappa shape index (κ3) is 3.42. The summed E-state index contributed by atoms with van der Waals surface area (Å²) in [4.78, 5) is 4.35. The monoisotopic (exact) mass is 297 g/mol. The SMILES string of the molecule is Cc1cc(NCC2CCCCC2N)ncc1Br. The molecule has 17 heavy (non-hydrogen) atoms. The van der Waals surface area contributed by atoms with E-state index in [-0.39, 0.29) is 0 Å². The molecule has 1 heterocycles. The van der Waals surface area contributed by atoms with Crippen molar-refractivity contribution >= 4 is 21.7 Å². The number of nitrogens with two attached hydrogens (primary N) is 1. The Hall–Kier alpha value is -0.610. The first-order valence-corrected chi connectivity index (χ1v) is 7.07. The molecule has 3 nitrogen and oxygen atoms in total. The number of nitrogens with one attached hydrogen (secondary N) is 1. The first-order chi connectivity index (χ1) is 8.16. The molecular formula is C13H20BrN3. The first-order valence-electron chi connectivity index (χ1n) is 6.28. The summed E-state index contributed by atoms with van der Waals surface area (Å²) in [5.41, 5.74) is 7.33. The first kappa shape index (κ1) is 12.8. The van der Waals surface area contributed by atoms with Gasteiger partial charge >= 0.3 is 0 Å². The van der Waals surface area contributed by atoms with Gasteiger partial charge in [-0.25, -0.2) is 4.98 Å². The van der Waals surface area contributed by atoms with Crippen molar-refractivity contribution in [2.45, 2.75) is 38.6 Å². The minimum atomic E-state index is 0.354. The van der Waals surface area contributed by atoms with E-state index in [1.165, 1.54) is 31.2 Å². The van der Waals surface area contributed by atoms with Crippen LogP contribution in [0.3, 0.4) is 0 Å². The maximum Gasteiger partial charge on any atom is 0.126 e. The van der Waals surface area contributed by atoms with Crippen LogP contribution in [-0.4, -0.2) is 17.6 Å². The summed E-state index contributed by atoms with van der Waals surface area (Å²) in [6.07, 6.45) is 6.85. The minimum absolute atomic E-state index is 0.354. The van der Waals surface area contributed by atoms with Gasteiger partial charge in [-0.15, -0.1) is 0 Å². The molecule has 1 fully saturated rings. The number of halogens is 1. The zero-order valence-electron chi connectivity index (χ0n) is 10.2. The number of hydrogen-bond acceptors (Lipinski definition) is 3. The van der Waals surface area contributed by atoms with E-state index in [0.29, 0.717) is 12.0 Å². The average molecular weight is 298 g/mol. The van der Waals surface area contributed by atoms with Gasteiger partial charge in [-0.05, 0) is 53.2 Å². The van der Waals surface area contributed by atoms with E-state index >= 15 is 0 Å². The number of hydrogen-bond donors (Lipinski definition) is 2. The second-order valence-corrected chi connectivity index (χ2v) is 5.76. The van der Waals surface area contributed by atoms with E-state index < -0.39 is 0 Å². The van der Waals surface area contributed by atoms with Crippen molar-refractivity contribution in [1.29, 1.82) is 0 Å². The second-order valence-electron chi connectivity index (χ2n) is 4.91. The highest BCUT2D eigenvalue weighted by Crippen LogP contribution is 2.23. The van der Waals surface area contributed by atoms with Gasteiger partial charge in [-0.3, -0.25) is 0 Å². The van der Waals surface area contributed by atoms with Crippen molar-refractivity contribution in [1.82, 2.24) is 4.98 Å². The van der Waals surface area contributed by atoms with Crippen molar-refractivity contribution < 1.29 is 0 Å². The maximum absolute atomic E-state index is 6.13. The van der Waals surface area contributed by atoms with Crippen LogP contribution < -0.4 is 11.1 Å². The van der Waals surface area contributed by atoms with Crippen LogP contribution in [-0.2, 0) is 0 Å². The van der Waals surface area contributed by atoms with E-state index in [1.807, 2.05) is 6.20 Å². The van der Waals surface area contributed by atoms with Crippen molar-refractivity contribution in [2.24, 2.45) is 11.7 Å². The third-order valence-electron chi connectivity index (χ3n) is 3.56. The van der Waals surface area contributed by atoms with E-state index in [0.717, 1.165) is 16.8 Å². The van der Waals surface area contributed by atoms with Gasteiger partial charge in [0.1, 0.15) is 5.82 Å². The summed E-state index contributed by atoms with van der Waals surface area (Å²) in [5, 5.41) is 3.40. The fraction of sp³-hybridized carbons (Fsp3) is 0.615. The number of anilines is 1. The molecule has 0 bridgehead atoms. The molecule has 0 amide bonds. The molecular weight excluding hydrogens is 278 g/mol. The van der Waals surface area contributed by atoms with Gasteiger partial charge in [0, 0.05) is 23.3 Å². The van der Waals surface area contributed by atoms with Crippen molar-refractivity contribution in [3.8, 4) is 0 Å². The largest absolute Gasteiger partial charge is 0.370 e. The van der Waals surface area contributed by atoms with Crippen molar-refractivity contribution in [3.05, 3.63) is 22.3 Å². The number of aromatic nitrogens is 1. The Kier molecular flexibility index (Phi) is 4.40. The predicted octanol–water partition coefficient (Wildman–Crippen LogP) is 3.08. The molecule has 4 heteroatoms. The van der Waals surface area contributed by atoms with Gasteiger partial charge < -0.3 is 11.1 Å². The summed E-state index contributed by atoms with van der Waals surface area (Å²) in [6.45, 7) is 3.01. The van der Waals surface area contributed by atoms with Gasteiger partial charge in [0.2, 0.25) is 0 Å². The summed E-state index contributed by atoms with van der Waals surface area (Å²) < 4.78 is 1.05. The highest BCUT2D eigenvalue weighted by atomic mass is 79.9. The molecule has 0 spiro atoms. The molecule has 0 saturated heterocycles. The van der Waals surface area contributed by atoms with Gasteiger partial charge in [-0.1, -0.05) is 12.8 Å². The van der Waals surface area contributed by atoms with Crippen LogP contribution in [0.1, 0.15) is 31.2 Å². The van der Waals surface area contributed by atoms with Crippen LogP contribution in [0.5, 0.6) is 0 Å². The molecule has 3 N–H and O–H groups in total. The van der Waals surface area contributed by atoms with Crippen LogP contribution in [0.2, 0.25) is 0 Å². The Labute approximate surface area is 111 Å². The normalized spacial score (nSPS) is 24.6. The molecule has 94 valence electrons. The van der Waals surface area contributed by atoms with Crippen LogP contribution in [0, 0.1) is 12.8 Å². The van der Waals surface area contributed by atoms with Gasteiger partial charge in [-0.2, -0.15) is 0 Å². The smallest absolute Gasteiger partial charge is 0.126 e. The Morgan fingerprint density at radius 3 is 2.94 bits per heavy atom. The molecule has 0 radical (unpaired) electrons. The van der Waals surface area contributed by atoms with Crippen LogP contribution in [0.25, 0.3) is 0 Å². The summed E-state index contributed by atoms with van der Waals surface area (Å²) in [5.74, 6) is 1.54. The summed E-state index contributed by atoms with van der Waals surface area (Å²) >= 11 is 3.46. The summed E-state index contributed by atoms with van der Waals surface area (Å²) in [6, 6.07) is 2.42. The highest BCUT2D eigenvalue weighted by molar-refractivity contribution is 9.10. The van der Waals surface area contributed by atoms with Crippen LogP contribution >= 0.6 is 15.9 Å². The van der Waals surface area contributed by atoms with Gasteiger partial charge in [0.15, 0.2) is 0 Å².